The van der Waals surface area contributed by atoms with Gasteiger partial charge in [-0.1, -0.05) is 6.92 Å². The van der Waals surface area contributed by atoms with Crippen molar-refractivity contribution in [2.75, 3.05) is 32.8 Å². The molecule has 2 saturated heterocycles. The monoisotopic (exact) mass is 351 g/mol. The molecule has 0 saturated carbocycles. The predicted molar refractivity (Wildman–Crippen MR) is 96.2 cm³/mol. The highest BCUT2D eigenvalue weighted by Crippen LogP contribution is 2.18. The summed E-state index contributed by atoms with van der Waals surface area (Å²) in [6.45, 7) is 7.51. The number of nitrogens with zero attached hydrogens (tertiary/aromatic N) is 3. The van der Waals surface area contributed by atoms with Crippen LogP contribution >= 0.6 is 11.3 Å². The number of thiazole rings is 1. The third kappa shape index (κ3) is 5.01. The number of aromatic nitrogens is 1. The fourth-order valence-corrected chi connectivity index (χ4v) is 4.18. The topological polar surface area (TPSA) is 45.7 Å². The number of carbonyl (C=O) groups excluding carboxylic acids is 1. The lowest BCUT2D eigenvalue weighted by Gasteiger charge is -2.34. The first-order chi connectivity index (χ1) is 11.7. The highest BCUT2D eigenvalue weighted by molar-refractivity contribution is 7.09. The van der Waals surface area contributed by atoms with Crippen LogP contribution in [0.3, 0.4) is 0 Å². The first kappa shape index (κ1) is 17.8. The number of ether oxygens (including phenoxy) is 1. The van der Waals surface area contributed by atoms with Gasteiger partial charge in [-0.3, -0.25) is 9.69 Å². The zero-order valence-electron chi connectivity index (χ0n) is 14.7. The molecule has 0 aliphatic carbocycles. The largest absolute Gasteiger partial charge is 0.378 e. The number of hydrogen-bond acceptors (Lipinski definition) is 5. The summed E-state index contributed by atoms with van der Waals surface area (Å²) >= 11 is 1.75. The second kappa shape index (κ2) is 8.92. The minimum atomic E-state index is 0.297. The molecule has 3 heterocycles. The van der Waals surface area contributed by atoms with Crippen molar-refractivity contribution >= 4 is 17.2 Å². The van der Waals surface area contributed by atoms with E-state index in [2.05, 4.69) is 22.2 Å². The first-order valence-electron chi connectivity index (χ1n) is 9.29. The smallest absolute Gasteiger partial charge is 0.222 e. The Morgan fingerprint density at radius 1 is 1.33 bits per heavy atom. The van der Waals surface area contributed by atoms with Gasteiger partial charge < -0.3 is 9.64 Å². The Balaban J connectivity index is 1.37. The van der Waals surface area contributed by atoms with E-state index in [1.54, 1.807) is 11.3 Å². The average Bonchev–Trinajstić information content (AvgIpc) is 3.09. The zero-order chi connectivity index (χ0) is 16.8. The normalized spacial score (nSPS) is 22.7. The molecule has 2 aliphatic rings. The van der Waals surface area contributed by atoms with E-state index < -0.39 is 0 Å². The molecular formula is C18H29N3O2S. The number of rotatable bonds is 6. The second-order valence-electron chi connectivity index (χ2n) is 6.77. The quantitative estimate of drug-likeness (QED) is 0.790. The molecule has 0 spiro atoms. The molecule has 6 heteroatoms. The molecular weight excluding hydrogens is 322 g/mol. The van der Waals surface area contributed by atoms with Crippen LogP contribution in [0.4, 0.5) is 0 Å². The standard InChI is InChI=1S/C18H29N3O2S/c1-2-17-19-15(14-24-17)13-20-8-10-21(11-9-20)18(22)7-6-16-5-3-4-12-23-16/h14,16H,2-13H2,1H3/t16-/m0/s1. The lowest BCUT2D eigenvalue weighted by molar-refractivity contribution is -0.134. The maximum atomic E-state index is 12.4. The van der Waals surface area contributed by atoms with E-state index in [0.717, 1.165) is 58.6 Å². The van der Waals surface area contributed by atoms with Crippen LogP contribution in [0.5, 0.6) is 0 Å². The van der Waals surface area contributed by atoms with E-state index >= 15 is 0 Å². The Bertz CT molecular complexity index is 520. The van der Waals surface area contributed by atoms with Gasteiger partial charge in [-0.25, -0.2) is 4.98 Å². The molecule has 1 aromatic heterocycles. The third-order valence-electron chi connectivity index (χ3n) is 4.97. The highest BCUT2D eigenvalue weighted by atomic mass is 32.1. The molecule has 0 bridgehead atoms. The van der Waals surface area contributed by atoms with Gasteiger partial charge in [-0.15, -0.1) is 11.3 Å². The molecule has 0 N–H and O–H groups in total. The molecule has 1 amide bonds. The lowest BCUT2D eigenvalue weighted by Crippen LogP contribution is -2.48. The van der Waals surface area contributed by atoms with Crippen molar-refractivity contribution in [3.63, 3.8) is 0 Å². The van der Waals surface area contributed by atoms with Gasteiger partial charge in [0, 0.05) is 51.1 Å². The fraction of sp³-hybridized carbons (Fsp3) is 0.778. The first-order valence-corrected chi connectivity index (χ1v) is 10.2. The summed E-state index contributed by atoms with van der Waals surface area (Å²) < 4.78 is 5.73. The Hall–Kier alpha value is -0.980. The molecule has 0 radical (unpaired) electrons. The van der Waals surface area contributed by atoms with Gasteiger partial charge in [0.15, 0.2) is 0 Å². The Morgan fingerprint density at radius 3 is 2.83 bits per heavy atom. The summed E-state index contributed by atoms with van der Waals surface area (Å²) in [5.74, 6) is 0.297. The SMILES string of the molecule is CCc1nc(CN2CCN(C(=O)CC[C@@H]3CCCCO3)CC2)cs1. The van der Waals surface area contributed by atoms with E-state index in [-0.39, 0.29) is 0 Å². The van der Waals surface area contributed by atoms with Crippen molar-refractivity contribution in [3.05, 3.63) is 16.1 Å². The van der Waals surface area contributed by atoms with Crippen LogP contribution in [0, 0.1) is 0 Å². The number of piperazine rings is 1. The molecule has 1 aromatic rings. The van der Waals surface area contributed by atoms with Crippen LogP contribution in [-0.2, 0) is 22.5 Å². The maximum Gasteiger partial charge on any atom is 0.222 e. The van der Waals surface area contributed by atoms with E-state index in [1.165, 1.54) is 23.5 Å². The predicted octanol–water partition coefficient (Wildman–Crippen LogP) is 2.70. The van der Waals surface area contributed by atoms with Crippen LogP contribution in [0.2, 0.25) is 0 Å². The van der Waals surface area contributed by atoms with E-state index in [9.17, 15) is 4.79 Å². The molecule has 0 aromatic carbocycles. The average molecular weight is 352 g/mol. The van der Waals surface area contributed by atoms with Crippen molar-refractivity contribution in [2.24, 2.45) is 0 Å². The van der Waals surface area contributed by atoms with Crippen LogP contribution in [-0.4, -0.2) is 59.6 Å². The minimum Gasteiger partial charge on any atom is -0.378 e. The number of carbonyl (C=O) groups is 1. The summed E-state index contributed by atoms with van der Waals surface area (Å²) in [6, 6.07) is 0. The molecule has 1 atom stereocenters. The van der Waals surface area contributed by atoms with E-state index in [0.29, 0.717) is 18.4 Å². The Morgan fingerprint density at radius 2 is 2.17 bits per heavy atom. The van der Waals surface area contributed by atoms with Gasteiger partial charge in [0.05, 0.1) is 16.8 Å². The molecule has 2 fully saturated rings. The van der Waals surface area contributed by atoms with E-state index in [1.807, 2.05) is 4.90 Å². The van der Waals surface area contributed by atoms with Crippen molar-refractivity contribution < 1.29 is 9.53 Å². The Kier molecular flexibility index (Phi) is 6.63. The van der Waals surface area contributed by atoms with Crippen LogP contribution < -0.4 is 0 Å². The van der Waals surface area contributed by atoms with Crippen LogP contribution in [0.1, 0.15) is 49.7 Å². The lowest BCUT2D eigenvalue weighted by atomic mass is 10.0. The molecule has 0 unspecified atom stereocenters. The van der Waals surface area contributed by atoms with Crippen molar-refractivity contribution in [2.45, 2.75) is 58.1 Å². The molecule has 2 aliphatic heterocycles. The maximum absolute atomic E-state index is 12.4. The molecule has 5 nitrogen and oxygen atoms in total. The fourth-order valence-electron chi connectivity index (χ4n) is 3.45. The second-order valence-corrected chi connectivity index (χ2v) is 7.71. The molecule has 24 heavy (non-hydrogen) atoms. The van der Waals surface area contributed by atoms with Crippen LogP contribution in [0.25, 0.3) is 0 Å². The summed E-state index contributed by atoms with van der Waals surface area (Å²) in [7, 11) is 0. The van der Waals surface area contributed by atoms with E-state index in [4.69, 9.17) is 4.74 Å². The summed E-state index contributed by atoms with van der Waals surface area (Å²) in [6.07, 6.45) is 6.38. The van der Waals surface area contributed by atoms with Gasteiger partial charge >= 0.3 is 0 Å². The minimum absolute atomic E-state index is 0.297. The van der Waals surface area contributed by atoms with Gasteiger partial charge in [-0.05, 0) is 32.1 Å². The van der Waals surface area contributed by atoms with Gasteiger partial charge in [0.25, 0.3) is 0 Å². The molecule has 134 valence electrons. The highest BCUT2D eigenvalue weighted by Gasteiger charge is 2.23. The summed E-state index contributed by atoms with van der Waals surface area (Å²) in [5, 5.41) is 3.38. The summed E-state index contributed by atoms with van der Waals surface area (Å²) in [4.78, 5) is 21.5. The number of hydrogen-bond donors (Lipinski definition) is 0. The summed E-state index contributed by atoms with van der Waals surface area (Å²) in [5.41, 5.74) is 1.17. The number of amides is 1. The molecule has 3 rings (SSSR count). The van der Waals surface area contributed by atoms with Crippen molar-refractivity contribution in [1.29, 1.82) is 0 Å². The Labute approximate surface area is 149 Å². The van der Waals surface area contributed by atoms with Gasteiger partial charge in [0.2, 0.25) is 5.91 Å². The van der Waals surface area contributed by atoms with Crippen LogP contribution in [0.15, 0.2) is 5.38 Å². The zero-order valence-corrected chi connectivity index (χ0v) is 15.5. The third-order valence-corrected chi connectivity index (χ3v) is 6.01. The van der Waals surface area contributed by atoms with Crippen molar-refractivity contribution in [1.82, 2.24) is 14.8 Å². The van der Waals surface area contributed by atoms with Gasteiger partial charge in [0.1, 0.15) is 0 Å². The number of aryl methyl sites for hydroxylation is 1. The van der Waals surface area contributed by atoms with Gasteiger partial charge in [-0.2, -0.15) is 0 Å². The van der Waals surface area contributed by atoms with Crippen molar-refractivity contribution in [3.8, 4) is 0 Å².